The second kappa shape index (κ2) is 6.67. The molecule has 3 nitrogen and oxygen atoms in total. The summed E-state index contributed by atoms with van der Waals surface area (Å²) < 4.78 is 13.0. The van der Waals surface area contributed by atoms with Crippen molar-refractivity contribution in [1.82, 2.24) is 4.90 Å². The van der Waals surface area contributed by atoms with Crippen LogP contribution in [0, 0.1) is 0 Å². The van der Waals surface area contributed by atoms with Gasteiger partial charge in [-0.3, -0.25) is 0 Å². The maximum absolute atomic E-state index is 6.67. The first-order valence-electron chi connectivity index (χ1n) is 8.93. The predicted molar refractivity (Wildman–Crippen MR) is 94.8 cm³/mol. The van der Waals surface area contributed by atoms with Gasteiger partial charge in [0.25, 0.3) is 0 Å². The van der Waals surface area contributed by atoms with Crippen LogP contribution in [0.4, 0.5) is 0 Å². The molecule has 0 amide bonds. The summed E-state index contributed by atoms with van der Waals surface area (Å²) in [6, 6.07) is 21.1. The van der Waals surface area contributed by atoms with Crippen LogP contribution in [0.5, 0.6) is 0 Å². The Morgan fingerprint density at radius 1 is 0.917 bits per heavy atom. The minimum absolute atomic E-state index is 0.107. The third kappa shape index (κ3) is 2.77. The first-order valence-corrected chi connectivity index (χ1v) is 8.93. The highest BCUT2D eigenvalue weighted by Crippen LogP contribution is 2.42. The fraction of sp³-hybridized carbons (Fsp3) is 0.429. The minimum Gasteiger partial charge on any atom is -0.339 e. The van der Waals surface area contributed by atoms with Gasteiger partial charge in [-0.25, -0.2) is 0 Å². The molecule has 0 aliphatic carbocycles. The van der Waals surface area contributed by atoms with Gasteiger partial charge in [0.2, 0.25) is 5.79 Å². The fourth-order valence-electron chi connectivity index (χ4n) is 4.03. The number of likely N-dealkylation sites (N-methyl/N-ethyl adjacent to an activating group) is 1. The maximum Gasteiger partial charge on any atom is 0.222 e. The third-order valence-electron chi connectivity index (χ3n) is 5.33. The van der Waals surface area contributed by atoms with Gasteiger partial charge in [-0.15, -0.1) is 0 Å². The molecule has 126 valence electrons. The van der Waals surface area contributed by atoms with Crippen LogP contribution < -0.4 is 0 Å². The van der Waals surface area contributed by atoms with Crippen molar-refractivity contribution in [3.63, 3.8) is 0 Å². The molecule has 2 heterocycles. The van der Waals surface area contributed by atoms with Gasteiger partial charge >= 0.3 is 0 Å². The van der Waals surface area contributed by atoms with E-state index >= 15 is 0 Å². The summed E-state index contributed by atoms with van der Waals surface area (Å²) in [5, 5.41) is 0. The Morgan fingerprint density at radius 3 is 2.12 bits per heavy atom. The van der Waals surface area contributed by atoms with E-state index in [0.717, 1.165) is 17.7 Å². The van der Waals surface area contributed by atoms with Crippen molar-refractivity contribution in [3.8, 4) is 0 Å². The van der Waals surface area contributed by atoms with Crippen molar-refractivity contribution in [3.05, 3.63) is 71.8 Å². The zero-order valence-electron chi connectivity index (χ0n) is 14.2. The lowest BCUT2D eigenvalue weighted by atomic mass is 9.96. The maximum atomic E-state index is 6.67. The van der Waals surface area contributed by atoms with E-state index in [1.165, 1.54) is 19.3 Å². The van der Waals surface area contributed by atoms with Crippen LogP contribution in [0.2, 0.25) is 0 Å². The van der Waals surface area contributed by atoms with Gasteiger partial charge in [0.1, 0.15) is 6.10 Å². The molecule has 2 atom stereocenters. The Labute approximate surface area is 144 Å². The van der Waals surface area contributed by atoms with Gasteiger partial charge in [0.15, 0.2) is 0 Å². The Morgan fingerprint density at radius 2 is 1.54 bits per heavy atom. The third-order valence-corrected chi connectivity index (χ3v) is 5.33. The van der Waals surface area contributed by atoms with Gasteiger partial charge in [0.05, 0.1) is 6.61 Å². The van der Waals surface area contributed by atoms with Gasteiger partial charge in [-0.1, -0.05) is 67.1 Å². The number of nitrogens with zero attached hydrogens (tertiary/aromatic N) is 1. The molecule has 2 aromatic carbocycles. The van der Waals surface area contributed by atoms with Crippen molar-refractivity contribution in [2.24, 2.45) is 0 Å². The summed E-state index contributed by atoms with van der Waals surface area (Å²) in [4.78, 5) is 2.43. The summed E-state index contributed by atoms with van der Waals surface area (Å²) in [6.07, 6.45) is 3.85. The second-order valence-corrected chi connectivity index (χ2v) is 6.86. The van der Waals surface area contributed by atoms with Gasteiger partial charge in [-0.05, 0) is 26.4 Å². The summed E-state index contributed by atoms with van der Waals surface area (Å²) >= 11 is 0. The molecule has 2 aromatic rings. The normalized spacial score (nSPS) is 27.2. The SMILES string of the molecule is CN1CCCCC1[C@H]1COC(c2ccccc2)(c2ccccc2)O1. The molecule has 4 rings (SSSR count). The van der Waals surface area contributed by atoms with Crippen LogP contribution in [0.1, 0.15) is 30.4 Å². The van der Waals surface area contributed by atoms with E-state index < -0.39 is 5.79 Å². The summed E-state index contributed by atoms with van der Waals surface area (Å²) in [7, 11) is 2.21. The van der Waals surface area contributed by atoms with E-state index in [0.29, 0.717) is 12.6 Å². The smallest absolute Gasteiger partial charge is 0.222 e. The Bertz CT molecular complexity index is 619. The monoisotopic (exact) mass is 323 g/mol. The lowest BCUT2D eigenvalue weighted by molar-refractivity contribution is -0.151. The zero-order valence-corrected chi connectivity index (χ0v) is 14.2. The summed E-state index contributed by atoms with van der Waals surface area (Å²) in [5.41, 5.74) is 2.13. The number of piperidine rings is 1. The van der Waals surface area contributed by atoms with Crippen LogP contribution in [0.25, 0.3) is 0 Å². The molecule has 0 N–H and O–H groups in total. The van der Waals surface area contributed by atoms with Gasteiger partial charge < -0.3 is 14.4 Å². The van der Waals surface area contributed by atoms with Crippen molar-refractivity contribution in [1.29, 1.82) is 0 Å². The van der Waals surface area contributed by atoms with Crippen LogP contribution in [0.3, 0.4) is 0 Å². The van der Waals surface area contributed by atoms with E-state index in [-0.39, 0.29) is 6.10 Å². The number of rotatable bonds is 3. The van der Waals surface area contributed by atoms with Crippen LogP contribution in [0.15, 0.2) is 60.7 Å². The van der Waals surface area contributed by atoms with Crippen LogP contribution in [-0.2, 0) is 15.3 Å². The fourth-order valence-corrected chi connectivity index (χ4v) is 4.03. The van der Waals surface area contributed by atoms with E-state index in [2.05, 4.69) is 36.2 Å². The number of ether oxygens (including phenoxy) is 2. The average molecular weight is 323 g/mol. The molecule has 0 saturated carbocycles. The first-order chi connectivity index (χ1) is 11.8. The first kappa shape index (κ1) is 15.8. The highest BCUT2D eigenvalue weighted by atomic mass is 16.7. The van der Waals surface area contributed by atoms with E-state index in [1.807, 2.05) is 36.4 Å². The number of hydrogen-bond acceptors (Lipinski definition) is 3. The van der Waals surface area contributed by atoms with E-state index in [1.54, 1.807) is 0 Å². The number of hydrogen-bond donors (Lipinski definition) is 0. The van der Waals surface area contributed by atoms with Crippen LogP contribution >= 0.6 is 0 Å². The van der Waals surface area contributed by atoms with Gasteiger partial charge in [0, 0.05) is 17.2 Å². The largest absolute Gasteiger partial charge is 0.339 e. The zero-order chi connectivity index (χ0) is 16.4. The second-order valence-electron chi connectivity index (χ2n) is 6.86. The minimum atomic E-state index is -0.786. The molecular formula is C21H25NO2. The van der Waals surface area contributed by atoms with E-state index in [9.17, 15) is 0 Å². The van der Waals surface area contributed by atoms with Crippen molar-refractivity contribution in [2.45, 2.75) is 37.2 Å². The Kier molecular flexibility index (Phi) is 4.40. The molecule has 1 unspecified atom stereocenters. The van der Waals surface area contributed by atoms with Crippen molar-refractivity contribution < 1.29 is 9.47 Å². The average Bonchev–Trinajstić information content (AvgIpc) is 3.10. The molecule has 2 fully saturated rings. The highest BCUT2D eigenvalue weighted by Gasteiger charge is 2.47. The predicted octanol–water partition coefficient (Wildman–Crippen LogP) is 3.79. The number of benzene rings is 2. The summed E-state index contributed by atoms with van der Waals surface area (Å²) in [5.74, 6) is -0.786. The van der Waals surface area contributed by atoms with E-state index in [4.69, 9.17) is 9.47 Å². The molecule has 0 bridgehead atoms. The van der Waals surface area contributed by atoms with Crippen molar-refractivity contribution >= 4 is 0 Å². The highest BCUT2D eigenvalue weighted by molar-refractivity contribution is 5.34. The Balaban J connectivity index is 1.68. The molecule has 2 saturated heterocycles. The molecule has 0 spiro atoms. The molecule has 2 aliphatic heterocycles. The van der Waals surface area contributed by atoms with Crippen molar-refractivity contribution in [2.75, 3.05) is 20.2 Å². The lowest BCUT2D eigenvalue weighted by Crippen LogP contribution is -2.46. The standard InChI is InChI=1S/C21H25NO2/c1-22-15-9-8-14-19(22)20-16-23-21(24-20,17-10-4-2-5-11-17)18-12-6-3-7-13-18/h2-7,10-13,19-20H,8-9,14-16H2,1H3/t19?,20-/m1/s1. The molecule has 3 heteroatoms. The molecule has 24 heavy (non-hydrogen) atoms. The molecule has 0 aromatic heterocycles. The van der Waals surface area contributed by atoms with Gasteiger partial charge in [-0.2, -0.15) is 0 Å². The molecule has 2 aliphatic rings. The lowest BCUT2D eigenvalue weighted by Gasteiger charge is -2.37. The van der Waals surface area contributed by atoms with Crippen LogP contribution in [-0.4, -0.2) is 37.2 Å². The molecular weight excluding hydrogens is 298 g/mol. The molecule has 0 radical (unpaired) electrons. The summed E-state index contributed by atoms with van der Waals surface area (Å²) in [6.45, 7) is 1.78. The quantitative estimate of drug-likeness (QED) is 0.858. The Hall–Kier alpha value is -1.68. The number of likely N-dealkylation sites (tertiary alicyclic amines) is 1. The topological polar surface area (TPSA) is 21.7 Å².